The Morgan fingerprint density at radius 3 is 2.48 bits per heavy atom. The molecule has 0 bridgehead atoms. The van der Waals surface area contributed by atoms with Crippen LogP contribution in [0.3, 0.4) is 0 Å². The van der Waals surface area contributed by atoms with Crippen molar-refractivity contribution in [2.75, 3.05) is 43.2 Å². The standard InChI is InChI=1S/C27H28F3N6O3S/c1-32-21-9-7-19(27(28,29)30)17-23(21)34(3)25(32)5-4-6-26-33(2)22-10-8-20(18-24(22)36(26)12-11-31)40(37,38)35-13-15-39-16-14-35/h4-10,17-18H,13-16,31H2,1-3H3/q+1. The Morgan fingerprint density at radius 1 is 1.07 bits per heavy atom. The fraction of sp³-hybridized carbons (Fsp3) is 0.296. The van der Waals surface area contributed by atoms with Crippen molar-refractivity contribution in [3.63, 3.8) is 0 Å². The van der Waals surface area contributed by atoms with Gasteiger partial charge in [-0.05, 0) is 36.4 Å². The van der Waals surface area contributed by atoms with Gasteiger partial charge in [-0.1, -0.05) is 6.08 Å². The number of benzene rings is 2. The molecule has 0 saturated carbocycles. The van der Waals surface area contributed by atoms with Gasteiger partial charge in [-0.15, -0.1) is 0 Å². The first kappa shape index (κ1) is 27.6. The van der Waals surface area contributed by atoms with Gasteiger partial charge >= 0.3 is 6.18 Å². The Morgan fingerprint density at radius 2 is 1.80 bits per heavy atom. The van der Waals surface area contributed by atoms with Gasteiger partial charge in [0.1, 0.15) is 5.82 Å². The fourth-order valence-electron chi connectivity index (χ4n) is 5.00. The summed E-state index contributed by atoms with van der Waals surface area (Å²) in [6.45, 7) is 1.25. The number of nitrogens with zero attached hydrogens (tertiary/aromatic N) is 5. The number of hydrogen-bond donors (Lipinski definition) is 1. The van der Waals surface area contributed by atoms with E-state index in [1.165, 1.54) is 10.4 Å². The van der Waals surface area contributed by atoms with Gasteiger partial charge in [-0.3, -0.25) is 4.90 Å². The second kappa shape index (κ2) is 10.2. The van der Waals surface area contributed by atoms with Gasteiger partial charge in [-0.2, -0.15) is 17.5 Å². The zero-order valence-corrected chi connectivity index (χ0v) is 22.9. The number of sulfonamides is 1. The van der Waals surface area contributed by atoms with Gasteiger partial charge in [0.15, 0.2) is 11.0 Å². The molecule has 2 aliphatic rings. The number of fused-ring (bicyclic) bond motifs is 2. The summed E-state index contributed by atoms with van der Waals surface area (Å²) in [5.41, 5.74) is 7.24. The van der Waals surface area contributed by atoms with Gasteiger partial charge in [0.05, 0.1) is 49.1 Å². The predicted octanol–water partition coefficient (Wildman–Crippen LogP) is 2.73. The van der Waals surface area contributed by atoms with E-state index in [9.17, 15) is 21.6 Å². The largest absolute Gasteiger partial charge is 0.416 e. The smallest absolute Gasteiger partial charge is 0.379 e. The summed E-state index contributed by atoms with van der Waals surface area (Å²) in [5.74, 6) is 1.28. The maximum atomic E-state index is 13.3. The van der Waals surface area contributed by atoms with E-state index >= 15 is 0 Å². The number of aromatic nitrogens is 2. The third kappa shape index (κ3) is 4.68. The van der Waals surface area contributed by atoms with Crippen LogP contribution in [-0.4, -0.2) is 50.6 Å². The van der Waals surface area contributed by atoms with Crippen LogP contribution in [0.4, 0.5) is 24.5 Å². The van der Waals surface area contributed by atoms with Crippen LogP contribution in [-0.2, 0) is 35.0 Å². The maximum absolute atomic E-state index is 13.3. The van der Waals surface area contributed by atoms with Gasteiger partial charge < -0.3 is 15.4 Å². The number of aryl methyl sites for hydroxylation is 2. The van der Waals surface area contributed by atoms with Crippen molar-refractivity contribution < 1.29 is 30.9 Å². The number of allylic oxidation sites excluding steroid dienone is 2. The fourth-order valence-corrected chi connectivity index (χ4v) is 6.42. The predicted molar refractivity (Wildman–Crippen MR) is 145 cm³/mol. The van der Waals surface area contributed by atoms with Crippen molar-refractivity contribution in [3.05, 3.63) is 65.8 Å². The topological polar surface area (TPSA) is 87.9 Å². The molecule has 1 fully saturated rings. The molecule has 3 heterocycles. The first-order chi connectivity index (χ1) is 18.9. The van der Waals surface area contributed by atoms with E-state index in [4.69, 9.17) is 10.5 Å². The molecular formula is C27H28F3N6O3S+. The molecule has 13 heteroatoms. The molecule has 2 aliphatic heterocycles. The number of anilines is 2. The maximum Gasteiger partial charge on any atom is 0.416 e. The molecule has 0 atom stereocenters. The number of rotatable bonds is 4. The molecule has 0 spiro atoms. The highest BCUT2D eigenvalue weighted by molar-refractivity contribution is 7.89. The van der Waals surface area contributed by atoms with Crippen molar-refractivity contribution in [2.45, 2.75) is 11.1 Å². The quantitative estimate of drug-likeness (QED) is 0.294. The van der Waals surface area contributed by atoms with E-state index in [0.29, 0.717) is 41.6 Å². The SMILES string of the molecule is CN1/C(=C\C=C\c2n(C)c3cc(C(F)(F)F)ccc3[n+]2C)N(C#CN)c2cc(S(=O)(=O)N3CCOCC3)ccc21. The van der Waals surface area contributed by atoms with Crippen LogP contribution in [0.25, 0.3) is 17.1 Å². The van der Waals surface area contributed by atoms with E-state index in [0.717, 1.165) is 17.8 Å². The second-order valence-corrected chi connectivity index (χ2v) is 11.3. The molecular weight excluding hydrogens is 545 g/mol. The van der Waals surface area contributed by atoms with Crippen LogP contribution in [0.15, 0.2) is 59.3 Å². The van der Waals surface area contributed by atoms with Crippen LogP contribution in [0.2, 0.25) is 0 Å². The van der Waals surface area contributed by atoms with E-state index < -0.39 is 21.8 Å². The summed E-state index contributed by atoms with van der Waals surface area (Å²) >= 11 is 0. The van der Waals surface area contributed by atoms with Crippen molar-refractivity contribution >= 4 is 38.5 Å². The molecule has 0 radical (unpaired) electrons. The van der Waals surface area contributed by atoms with E-state index in [2.05, 4.69) is 12.1 Å². The molecule has 0 amide bonds. The average molecular weight is 574 g/mol. The minimum absolute atomic E-state index is 0.142. The summed E-state index contributed by atoms with van der Waals surface area (Å²) in [6.07, 6.45) is 0.875. The minimum Gasteiger partial charge on any atom is -0.379 e. The molecule has 1 aromatic heterocycles. The molecule has 0 aliphatic carbocycles. The van der Waals surface area contributed by atoms with Crippen LogP contribution in [0.5, 0.6) is 0 Å². The summed E-state index contributed by atoms with van der Waals surface area (Å²) in [7, 11) is 1.58. The van der Waals surface area contributed by atoms with Crippen LogP contribution in [0, 0.1) is 12.1 Å². The van der Waals surface area contributed by atoms with Crippen molar-refractivity contribution in [1.82, 2.24) is 8.87 Å². The zero-order valence-electron chi connectivity index (χ0n) is 22.1. The van der Waals surface area contributed by atoms with Crippen molar-refractivity contribution in [3.8, 4) is 12.1 Å². The highest BCUT2D eigenvalue weighted by atomic mass is 32.2. The molecule has 9 nitrogen and oxygen atoms in total. The first-order valence-electron chi connectivity index (χ1n) is 12.4. The van der Waals surface area contributed by atoms with Gasteiger partial charge in [-0.25, -0.2) is 17.6 Å². The monoisotopic (exact) mass is 573 g/mol. The molecule has 3 aromatic rings. The van der Waals surface area contributed by atoms with Gasteiger partial charge in [0.2, 0.25) is 10.0 Å². The number of halogens is 3. The molecule has 210 valence electrons. The Kier molecular flexibility index (Phi) is 7.03. The molecule has 40 heavy (non-hydrogen) atoms. The number of morpholine rings is 1. The lowest BCUT2D eigenvalue weighted by molar-refractivity contribution is -0.647. The Hall–Kier alpha value is -3.99. The molecule has 0 unspecified atom stereocenters. The summed E-state index contributed by atoms with van der Waals surface area (Å²) in [5, 5.41) is 0. The van der Waals surface area contributed by atoms with Crippen molar-refractivity contribution in [2.24, 2.45) is 19.8 Å². The average Bonchev–Trinajstić information content (AvgIpc) is 3.33. The Balaban J connectivity index is 1.49. The third-order valence-corrected chi connectivity index (χ3v) is 9.00. The lowest BCUT2D eigenvalue weighted by Gasteiger charge is -2.26. The first-order valence-corrected chi connectivity index (χ1v) is 13.8. The minimum atomic E-state index is -4.44. The highest BCUT2D eigenvalue weighted by Crippen LogP contribution is 2.42. The second-order valence-electron chi connectivity index (χ2n) is 9.38. The number of nitrogens with two attached hydrogens (primary N) is 1. The normalized spacial score (nSPS) is 17.6. The van der Waals surface area contributed by atoms with E-state index in [-0.39, 0.29) is 18.0 Å². The number of ether oxygens (including phenoxy) is 1. The number of hydrogen-bond acceptors (Lipinski definition) is 6. The third-order valence-electron chi connectivity index (χ3n) is 7.11. The van der Waals surface area contributed by atoms with Gasteiger partial charge in [0.25, 0.3) is 5.82 Å². The van der Waals surface area contributed by atoms with Gasteiger partial charge in [0, 0.05) is 44.4 Å². The van der Waals surface area contributed by atoms with E-state index in [1.807, 2.05) is 11.9 Å². The summed E-state index contributed by atoms with van der Waals surface area (Å²) in [4.78, 5) is 3.60. The van der Waals surface area contributed by atoms with Crippen LogP contribution >= 0.6 is 0 Å². The molecule has 2 N–H and O–H groups in total. The highest BCUT2D eigenvalue weighted by Gasteiger charge is 2.34. The number of alkyl halides is 3. The molecule has 5 rings (SSSR count). The van der Waals surface area contributed by atoms with Crippen LogP contribution < -0.4 is 20.1 Å². The molecule has 2 aromatic carbocycles. The van der Waals surface area contributed by atoms with Crippen LogP contribution in [0.1, 0.15) is 11.4 Å². The summed E-state index contributed by atoms with van der Waals surface area (Å²) in [6, 6.07) is 13.7. The zero-order chi connectivity index (χ0) is 28.8. The number of imidazole rings is 1. The summed E-state index contributed by atoms with van der Waals surface area (Å²) < 4.78 is 76.4. The van der Waals surface area contributed by atoms with E-state index in [1.54, 1.807) is 64.6 Å². The lowest BCUT2D eigenvalue weighted by Crippen LogP contribution is -2.40. The Labute approximate surface area is 230 Å². The molecule has 1 saturated heterocycles. The lowest BCUT2D eigenvalue weighted by atomic mass is 10.2. The van der Waals surface area contributed by atoms with Crippen molar-refractivity contribution in [1.29, 1.82) is 0 Å². The Bertz CT molecular complexity index is 1710.